The zero-order valence-electron chi connectivity index (χ0n) is 14.2. The largest absolute Gasteiger partial charge is 0.356 e. The number of fused-ring (bicyclic) bond motifs is 6. The summed E-state index contributed by atoms with van der Waals surface area (Å²) in [6.07, 6.45) is 2.48. The van der Waals surface area contributed by atoms with E-state index in [2.05, 4.69) is 16.9 Å². The zero-order chi connectivity index (χ0) is 17.9. The summed E-state index contributed by atoms with van der Waals surface area (Å²) in [4.78, 5) is 18.7. The number of nitrogens with one attached hydrogen (secondary N) is 2. The number of hydrogen-bond donors (Lipinski definition) is 2. The Morgan fingerprint density at radius 1 is 1.27 bits per heavy atom. The van der Waals surface area contributed by atoms with Crippen LogP contribution in [-0.4, -0.2) is 24.0 Å². The first-order valence-corrected chi connectivity index (χ1v) is 8.75. The van der Waals surface area contributed by atoms with E-state index >= 15 is 0 Å². The van der Waals surface area contributed by atoms with E-state index in [1.54, 1.807) is 23.1 Å². The van der Waals surface area contributed by atoms with Gasteiger partial charge in [-0.3, -0.25) is 10.1 Å². The highest BCUT2D eigenvalue weighted by Gasteiger charge is 2.54. The minimum atomic E-state index is -0.956. The molecule has 26 heavy (non-hydrogen) atoms. The maximum atomic E-state index is 13.8. The smallest absolute Gasteiger partial charge is 0.258 e. The monoisotopic (exact) mass is 347 g/mol. The topological polar surface area (TPSA) is 48.1 Å². The van der Waals surface area contributed by atoms with Crippen LogP contribution in [0.15, 0.2) is 55.1 Å². The molecule has 3 aromatic rings. The second-order valence-corrected chi connectivity index (χ2v) is 6.82. The van der Waals surface area contributed by atoms with E-state index in [1.807, 2.05) is 24.3 Å². The van der Waals surface area contributed by atoms with Gasteiger partial charge in [-0.1, -0.05) is 24.3 Å². The number of carbonyl (C=O) groups excluding carboxylic acids is 1. The molecular formula is C21H18FN3O. The molecule has 1 spiro atoms. The van der Waals surface area contributed by atoms with E-state index < -0.39 is 5.54 Å². The van der Waals surface area contributed by atoms with Crippen molar-refractivity contribution in [2.75, 3.05) is 18.0 Å². The van der Waals surface area contributed by atoms with E-state index in [0.717, 1.165) is 39.8 Å². The number of amides is 1. The molecule has 2 aromatic carbocycles. The van der Waals surface area contributed by atoms with Gasteiger partial charge < -0.3 is 9.88 Å². The van der Waals surface area contributed by atoms with Crippen molar-refractivity contribution in [3.63, 3.8) is 0 Å². The molecule has 1 atom stereocenters. The molecule has 0 bridgehead atoms. The van der Waals surface area contributed by atoms with Gasteiger partial charge in [-0.2, -0.15) is 0 Å². The van der Waals surface area contributed by atoms with Crippen molar-refractivity contribution in [3.05, 3.63) is 77.8 Å². The Morgan fingerprint density at radius 2 is 2.12 bits per heavy atom. The first kappa shape index (κ1) is 15.3. The van der Waals surface area contributed by atoms with E-state index in [-0.39, 0.29) is 11.7 Å². The van der Waals surface area contributed by atoms with Gasteiger partial charge in [-0.15, -0.1) is 6.58 Å². The fraction of sp³-hybridized carbons (Fsp3) is 0.190. The molecule has 0 aliphatic carbocycles. The highest BCUT2D eigenvalue weighted by Crippen LogP contribution is 2.47. The third-order valence-corrected chi connectivity index (χ3v) is 5.48. The lowest BCUT2D eigenvalue weighted by atomic mass is 9.82. The second kappa shape index (κ2) is 5.29. The molecule has 5 rings (SSSR count). The molecule has 130 valence electrons. The van der Waals surface area contributed by atoms with E-state index in [4.69, 9.17) is 0 Å². The summed E-state index contributed by atoms with van der Waals surface area (Å²) in [5, 5.41) is 4.33. The number of aromatic nitrogens is 1. The molecule has 0 radical (unpaired) electrons. The molecule has 3 heterocycles. The molecule has 2 aliphatic rings. The first-order chi connectivity index (χ1) is 12.7. The van der Waals surface area contributed by atoms with Crippen LogP contribution in [0, 0.1) is 5.82 Å². The molecule has 4 nitrogen and oxygen atoms in total. The summed E-state index contributed by atoms with van der Waals surface area (Å²) in [6.45, 7) is 4.89. The van der Waals surface area contributed by atoms with Crippen LogP contribution in [0.25, 0.3) is 10.9 Å². The summed E-state index contributed by atoms with van der Waals surface area (Å²) < 4.78 is 13.8. The van der Waals surface area contributed by atoms with Crippen LogP contribution >= 0.6 is 0 Å². The lowest BCUT2D eigenvalue weighted by Crippen LogP contribution is -2.55. The lowest BCUT2D eigenvalue weighted by molar-refractivity contribution is -0.123. The van der Waals surface area contributed by atoms with Gasteiger partial charge in [0.25, 0.3) is 5.91 Å². The summed E-state index contributed by atoms with van der Waals surface area (Å²) >= 11 is 0. The average Bonchev–Trinajstić information content (AvgIpc) is 3.13. The Morgan fingerprint density at radius 3 is 2.96 bits per heavy atom. The van der Waals surface area contributed by atoms with Crippen molar-refractivity contribution in [3.8, 4) is 0 Å². The Bertz CT molecular complexity index is 1070. The Kier molecular flexibility index (Phi) is 3.12. The number of para-hydroxylation sites is 1. The highest BCUT2D eigenvalue weighted by atomic mass is 19.1. The number of halogens is 1. The van der Waals surface area contributed by atoms with Gasteiger partial charge in [-0.05, 0) is 36.2 Å². The second-order valence-electron chi connectivity index (χ2n) is 6.82. The third-order valence-electron chi connectivity index (χ3n) is 5.48. The predicted octanol–water partition coefficient (Wildman–Crippen LogP) is 3.23. The molecule has 1 amide bonds. The fourth-order valence-electron chi connectivity index (χ4n) is 4.44. The van der Waals surface area contributed by atoms with E-state index in [9.17, 15) is 9.18 Å². The Hall–Kier alpha value is -2.92. The van der Waals surface area contributed by atoms with Gasteiger partial charge >= 0.3 is 0 Å². The van der Waals surface area contributed by atoms with Crippen LogP contribution in [0.5, 0.6) is 0 Å². The number of carbonyl (C=O) groups is 1. The number of H-pyrrole nitrogens is 1. The minimum absolute atomic E-state index is 0.0217. The number of nitrogens with zero attached hydrogens (tertiary/aromatic N) is 1. The minimum Gasteiger partial charge on any atom is -0.356 e. The summed E-state index contributed by atoms with van der Waals surface area (Å²) in [5.41, 5.74) is 3.56. The van der Waals surface area contributed by atoms with Gasteiger partial charge in [-0.25, -0.2) is 4.39 Å². The standard InChI is InChI=1S/C21H18FN3O/c1-2-11-25-18-6-4-3-5-16(18)21(20(25)26)19-14(9-10-23-21)15-12-13(22)7-8-17(15)24-19/h2-8,12,23-24H,1,9-11H2/t21-/m1/s1. The molecule has 5 heteroatoms. The van der Waals surface area contributed by atoms with Gasteiger partial charge in [0, 0.05) is 29.6 Å². The van der Waals surface area contributed by atoms with E-state index in [0.29, 0.717) is 13.1 Å². The third kappa shape index (κ3) is 1.78. The highest BCUT2D eigenvalue weighted by molar-refractivity contribution is 6.11. The van der Waals surface area contributed by atoms with Crippen molar-refractivity contribution in [2.45, 2.75) is 12.0 Å². The van der Waals surface area contributed by atoms with Crippen molar-refractivity contribution >= 4 is 22.5 Å². The number of rotatable bonds is 2. The summed E-state index contributed by atoms with van der Waals surface area (Å²) in [6, 6.07) is 12.6. The zero-order valence-corrected chi connectivity index (χ0v) is 14.2. The predicted molar refractivity (Wildman–Crippen MR) is 99.7 cm³/mol. The molecule has 0 saturated heterocycles. The van der Waals surface area contributed by atoms with Gasteiger partial charge in [0.05, 0.1) is 11.4 Å². The number of hydrogen-bond acceptors (Lipinski definition) is 2. The molecule has 1 aromatic heterocycles. The lowest BCUT2D eigenvalue weighted by Gasteiger charge is -2.34. The molecule has 0 fully saturated rings. The van der Waals surface area contributed by atoms with Gasteiger partial charge in [0.15, 0.2) is 5.54 Å². The first-order valence-electron chi connectivity index (χ1n) is 8.75. The van der Waals surface area contributed by atoms with Crippen LogP contribution in [-0.2, 0) is 16.8 Å². The molecule has 0 unspecified atom stereocenters. The number of anilines is 1. The fourth-order valence-corrected chi connectivity index (χ4v) is 4.44. The van der Waals surface area contributed by atoms with Crippen LogP contribution in [0.2, 0.25) is 0 Å². The van der Waals surface area contributed by atoms with Crippen molar-refractivity contribution in [2.24, 2.45) is 0 Å². The summed E-state index contributed by atoms with van der Waals surface area (Å²) in [5.74, 6) is -0.287. The SMILES string of the molecule is C=CCN1C(=O)[C@@]2(NCCc3c2[nH]c2ccc(F)cc32)c2ccccc21. The number of aromatic amines is 1. The Balaban J connectivity index is 1.82. The molecule has 2 aliphatic heterocycles. The van der Waals surface area contributed by atoms with Gasteiger partial charge in [0.1, 0.15) is 5.82 Å². The Labute approximate surface area is 150 Å². The maximum Gasteiger partial charge on any atom is 0.258 e. The maximum absolute atomic E-state index is 13.8. The van der Waals surface area contributed by atoms with Crippen LogP contribution in [0.1, 0.15) is 16.8 Å². The average molecular weight is 347 g/mol. The quantitative estimate of drug-likeness (QED) is 0.699. The number of benzene rings is 2. The summed E-state index contributed by atoms with van der Waals surface area (Å²) in [7, 11) is 0. The van der Waals surface area contributed by atoms with E-state index in [1.165, 1.54) is 6.07 Å². The van der Waals surface area contributed by atoms with Gasteiger partial charge in [0.2, 0.25) is 0 Å². The van der Waals surface area contributed by atoms with Crippen molar-refractivity contribution in [1.82, 2.24) is 10.3 Å². The van der Waals surface area contributed by atoms with Crippen LogP contribution < -0.4 is 10.2 Å². The normalized spacial score (nSPS) is 21.3. The molecule has 0 saturated carbocycles. The molecular weight excluding hydrogens is 329 g/mol. The van der Waals surface area contributed by atoms with Crippen molar-refractivity contribution < 1.29 is 9.18 Å². The van der Waals surface area contributed by atoms with Crippen molar-refractivity contribution in [1.29, 1.82) is 0 Å². The van der Waals surface area contributed by atoms with Crippen LogP contribution in [0.3, 0.4) is 0 Å². The molecule has 2 N–H and O–H groups in total. The van der Waals surface area contributed by atoms with Crippen LogP contribution in [0.4, 0.5) is 10.1 Å².